The standard InChI is InChI=1S/C11H11ClO3/c1-7(13)6-8-4-3-5-9(12)10(8)11(14)15-2/h3-5H,6H2,1-2H3. The molecule has 0 fully saturated rings. The first-order chi connectivity index (χ1) is 7.06. The average Bonchev–Trinajstić information content (AvgIpc) is 2.16. The highest BCUT2D eigenvalue weighted by Gasteiger charge is 2.16. The summed E-state index contributed by atoms with van der Waals surface area (Å²) in [4.78, 5) is 22.4. The van der Waals surface area contributed by atoms with Crippen LogP contribution < -0.4 is 0 Å². The fourth-order valence-electron chi connectivity index (χ4n) is 1.31. The Bertz CT molecular complexity index is 399. The highest BCUT2D eigenvalue weighted by molar-refractivity contribution is 6.33. The molecule has 0 aliphatic rings. The molecular formula is C11H11ClO3. The van der Waals surface area contributed by atoms with Crippen molar-refractivity contribution >= 4 is 23.4 Å². The first-order valence-corrected chi connectivity index (χ1v) is 4.79. The highest BCUT2D eigenvalue weighted by atomic mass is 35.5. The van der Waals surface area contributed by atoms with Crippen molar-refractivity contribution in [3.8, 4) is 0 Å². The van der Waals surface area contributed by atoms with E-state index in [1.165, 1.54) is 14.0 Å². The Morgan fingerprint density at radius 2 is 2.07 bits per heavy atom. The summed E-state index contributed by atoms with van der Waals surface area (Å²) in [5.41, 5.74) is 0.874. The van der Waals surface area contributed by atoms with Crippen molar-refractivity contribution < 1.29 is 14.3 Å². The summed E-state index contributed by atoms with van der Waals surface area (Å²) in [6.07, 6.45) is 0.186. The van der Waals surface area contributed by atoms with E-state index in [2.05, 4.69) is 4.74 Å². The molecule has 15 heavy (non-hydrogen) atoms. The minimum Gasteiger partial charge on any atom is -0.465 e. The number of rotatable bonds is 3. The summed E-state index contributed by atoms with van der Waals surface area (Å²) < 4.78 is 4.60. The molecule has 0 saturated heterocycles. The Morgan fingerprint density at radius 1 is 1.40 bits per heavy atom. The fourth-order valence-corrected chi connectivity index (χ4v) is 1.59. The molecule has 3 nitrogen and oxygen atoms in total. The van der Waals surface area contributed by atoms with Gasteiger partial charge in [0.1, 0.15) is 5.78 Å². The van der Waals surface area contributed by atoms with Crippen LogP contribution in [0.15, 0.2) is 18.2 Å². The van der Waals surface area contributed by atoms with Crippen LogP contribution in [0.2, 0.25) is 5.02 Å². The first-order valence-electron chi connectivity index (χ1n) is 4.41. The Balaban J connectivity index is 3.20. The molecule has 0 spiro atoms. The number of carbonyl (C=O) groups is 2. The molecule has 4 heteroatoms. The van der Waals surface area contributed by atoms with Crippen LogP contribution >= 0.6 is 11.6 Å². The molecule has 0 unspecified atom stereocenters. The Labute approximate surface area is 93.0 Å². The smallest absolute Gasteiger partial charge is 0.339 e. The lowest BCUT2D eigenvalue weighted by atomic mass is 10.0. The molecule has 0 aliphatic heterocycles. The Kier molecular flexibility index (Phi) is 3.86. The second-order valence-corrected chi connectivity index (χ2v) is 3.55. The van der Waals surface area contributed by atoms with Crippen LogP contribution in [0.25, 0.3) is 0 Å². The number of hydrogen-bond acceptors (Lipinski definition) is 3. The molecule has 0 heterocycles. The topological polar surface area (TPSA) is 43.4 Å². The molecule has 1 aromatic rings. The zero-order valence-electron chi connectivity index (χ0n) is 8.54. The highest BCUT2D eigenvalue weighted by Crippen LogP contribution is 2.21. The third kappa shape index (κ3) is 2.80. The predicted octanol–water partition coefficient (Wildman–Crippen LogP) is 2.26. The van der Waals surface area contributed by atoms with E-state index in [-0.39, 0.29) is 17.8 Å². The number of benzene rings is 1. The van der Waals surface area contributed by atoms with Gasteiger partial charge in [0.15, 0.2) is 0 Å². The second kappa shape index (κ2) is 4.94. The molecule has 0 saturated carbocycles. The third-order valence-electron chi connectivity index (χ3n) is 1.93. The van der Waals surface area contributed by atoms with Crippen molar-refractivity contribution in [1.29, 1.82) is 0 Å². The summed E-state index contributed by atoms with van der Waals surface area (Å²) in [6.45, 7) is 1.46. The van der Waals surface area contributed by atoms with E-state index >= 15 is 0 Å². The van der Waals surface area contributed by atoms with Crippen LogP contribution in [-0.2, 0) is 16.0 Å². The monoisotopic (exact) mass is 226 g/mol. The summed E-state index contributed by atoms with van der Waals surface area (Å²) in [6, 6.07) is 4.99. The van der Waals surface area contributed by atoms with Crippen LogP contribution in [0, 0.1) is 0 Å². The molecule has 0 atom stereocenters. The maximum absolute atomic E-state index is 11.4. The van der Waals surface area contributed by atoms with Gasteiger partial charge in [-0.3, -0.25) is 4.79 Å². The van der Waals surface area contributed by atoms with Gasteiger partial charge in [-0.15, -0.1) is 0 Å². The quantitative estimate of drug-likeness (QED) is 0.743. The number of Topliss-reactive ketones (excluding diaryl/α,β-unsaturated/α-hetero) is 1. The lowest BCUT2D eigenvalue weighted by molar-refractivity contribution is -0.116. The van der Waals surface area contributed by atoms with E-state index in [0.29, 0.717) is 10.6 Å². The van der Waals surface area contributed by atoms with E-state index < -0.39 is 5.97 Å². The van der Waals surface area contributed by atoms with E-state index in [0.717, 1.165) is 0 Å². The number of methoxy groups -OCH3 is 1. The number of halogens is 1. The maximum atomic E-state index is 11.4. The van der Waals surface area contributed by atoms with Gasteiger partial charge in [0.25, 0.3) is 0 Å². The van der Waals surface area contributed by atoms with E-state index in [9.17, 15) is 9.59 Å². The van der Waals surface area contributed by atoms with Gasteiger partial charge >= 0.3 is 5.97 Å². The van der Waals surface area contributed by atoms with Gasteiger partial charge in [-0.1, -0.05) is 23.7 Å². The van der Waals surface area contributed by atoms with Crippen LogP contribution in [0.3, 0.4) is 0 Å². The molecular weight excluding hydrogens is 216 g/mol. The number of esters is 1. The molecule has 0 amide bonds. The summed E-state index contributed by atoms with van der Waals surface area (Å²) in [7, 11) is 1.28. The van der Waals surface area contributed by atoms with Crippen molar-refractivity contribution in [3.05, 3.63) is 34.3 Å². The zero-order chi connectivity index (χ0) is 11.4. The SMILES string of the molecule is COC(=O)c1c(Cl)cccc1CC(C)=O. The number of hydrogen-bond donors (Lipinski definition) is 0. The minimum absolute atomic E-state index is 0.0255. The lowest BCUT2D eigenvalue weighted by Gasteiger charge is -2.07. The van der Waals surface area contributed by atoms with E-state index in [1.54, 1.807) is 18.2 Å². The number of ketones is 1. The summed E-state index contributed by atoms with van der Waals surface area (Å²) >= 11 is 5.87. The second-order valence-electron chi connectivity index (χ2n) is 3.14. The predicted molar refractivity (Wildman–Crippen MR) is 57.2 cm³/mol. The van der Waals surface area contributed by atoms with Crippen molar-refractivity contribution in [2.75, 3.05) is 7.11 Å². The molecule has 0 N–H and O–H groups in total. The molecule has 0 aliphatic carbocycles. The van der Waals surface area contributed by atoms with Crippen LogP contribution in [0.4, 0.5) is 0 Å². The molecule has 1 rings (SSSR count). The maximum Gasteiger partial charge on any atom is 0.339 e. The van der Waals surface area contributed by atoms with Gasteiger partial charge in [-0.05, 0) is 18.6 Å². The fraction of sp³-hybridized carbons (Fsp3) is 0.273. The Hall–Kier alpha value is -1.35. The van der Waals surface area contributed by atoms with Crippen molar-refractivity contribution in [2.24, 2.45) is 0 Å². The van der Waals surface area contributed by atoms with Gasteiger partial charge in [-0.25, -0.2) is 4.79 Å². The molecule has 1 aromatic carbocycles. The van der Waals surface area contributed by atoms with Crippen LogP contribution in [-0.4, -0.2) is 18.9 Å². The molecule has 0 bridgehead atoms. The van der Waals surface area contributed by atoms with Gasteiger partial charge in [0, 0.05) is 6.42 Å². The number of carbonyl (C=O) groups excluding carboxylic acids is 2. The molecule has 80 valence electrons. The van der Waals surface area contributed by atoms with E-state index in [1.807, 2.05) is 0 Å². The van der Waals surface area contributed by atoms with Crippen molar-refractivity contribution in [1.82, 2.24) is 0 Å². The minimum atomic E-state index is -0.517. The Morgan fingerprint density at radius 3 is 2.60 bits per heavy atom. The lowest BCUT2D eigenvalue weighted by Crippen LogP contribution is -2.09. The van der Waals surface area contributed by atoms with E-state index in [4.69, 9.17) is 11.6 Å². The van der Waals surface area contributed by atoms with Gasteiger partial charge in [-0.2, -0.15) is 0 Å². The van der Waals surface area contributed by atoms with Gasteiger partial charge in [0.05, 0.1) is 17.7 Å². The van der Waals surface area contributed by atoms with Crippen molar-refractivity contribution in [3.63, 3.8) is 0 Å². The molecule has 0 aromatic heterocycles. The largest absolute Gasteiger partial charge is 0.465 e. The normalized spacial score (nSPS) is 9.80. The third-order valence-corrected chi connectivity index (χ3v) is 2.24. The average molecular weight is 227 g/mol. The summed E-state index contributed by atoms with van der Waals surface area (Å²) in [5, 5.41) is 0.306. The first kappa shape index (κ1) is 11.7. The van der Waals surface area contributed by atoms with Gasteiger partial charge < -0.3 is 4.74 Å². The van der Waals surface area contributed by atoms with Crippen LogP contribution in [0.5, 0.6) is 0 Å². The molecule has 0 radical (unpaired) electrons. The summed E-state index contributed by atoms with van der Waals surface area (Å²) in [5.74, 6) is -0.542. The number of ether oxygens (including phenoxy) is 1. The van der Waals surface area contributed by atoms with Gasteiger partial charge in [0.2, 0.25) is 0 Å². The zero-order valence-corrected chi connectivity index (χ0v) is 9.30. The van der Waals surface area contributed by atoms with Crippen LogP contribution in [0.1, 0.15) is 22.8 Å². The van der Waals surface area contributed by atoms with Crippen molar-refractivity contribution in [2.45, 2.75) is 13.3 Å².